The smallest absolute Gasteiger partial charge is 0.0634 e. The zero-order valence-corrected chi connectivity index (χ0v) is 37.0. The Morgan fingerprint density at radius 3 is 0.926 bits per heavy atom. The molecular formula is C62H44N6. The van der Waals surface area contributed by atoms with Crippen molar-refractivity contribution >= 4 is 111 Å². The van der Waals surface area contributed by atoms with Crippen LogP contribution in [0.3, 0.4) is 0 Å². The van der Waals surface area contributed by atoms with E-state index in [-0.39, 0.29) is 0 Å². The third-order valence-electron chi connectivity index (χ3n) is 13.6. The van der Waals surface area contributed by atoms with Crippen molar-refractivity contribution < 1.29 is 0 Å². The van der Waals surface area contributed by atoms with E-state index in [9.17, 15) is 0 Å². The summed E-state index contributed by atoms with van der Waals surface area (Å²) in [7, 11) is 0. The van der Waals surface area contributed by atoms with Crippen LogP contribution in [0.2, 0.25) is 0 Å². The molecule has 11 aromatic carbocycles. The summed E-state index contributed by atoms with van der Waals surface area (Å²) in [5.41, 5.74) is 28.2. The number of nitrogens with zero attached hydrogens (tertiary/aromatic N) is 4. The first kappa shape index (κ1) is 39.1. The number of hydrogen-bond donors (Lipinski definition) is 2. The SMILES string of the molecule is Nc1c(N)c2ccc(-n3c4ccccc4c4cc(N(c5ccccc5)c5ccccc5)ccc43)cc2c2cc(-n3c4ccccc4c4cc(N(c5ccccc5)c5ccccc5)ccc43)ccc12. The Balaban J connectivity index is 0.989. The first-order chi connectivity index (χ1) is 33.6. The molecule has 0 atom stereocenters. The van der Waals surface area contributed by atoms with Gasteiger partial charge in [0, 0.05) is 77.8 Å². The van der Waals surface area contributed by atoms with Gasteiger partial charge in [-0.25, -0.2) is 0 Å². The van der Waals surface area contributed by atoms with Crippen molar-refractivity contribution in [3.63, 3.8) is 0 Å². The molecule has 0 spiro atoms. The monoisotopic (exact) mass is 872 g/mol. The molecule has 0 aliphatic heterocycles. The Bertz CT molecular complexity index is 3700. The van der Waals surface area contributed by atoms with E-state index in [0.29, 0.717) is 11.4 Å². The predicted molar refractivity (Wildman–Crippen MR) is 288 cm³/mol. The molecular weight excluding hydrogens is 829 g/mol. The number of aromatic nitrogens is 2. The normalized spacial score (nSPS) is 11.6. The number of rotatable bonds is 8. The molecule has 0 aliphatic rings. The van der Waals surface area contributed by atoms with Gasteiger partial charge in [-0.15, -0.1) is 0 Å². The Hall–Kier alpha value is -9.26. The van der Waals surface area contributed by atoms with Gasteiger partial charge >= 0.3 is 0 Å². The fraction of sp³-hybridized carbons (Fsp3) is 0. The van der Waals surface area contributed by atoms with E-state index >= 15 is 0 Å². The standard InChI is InChI=1S/C62H44N6/c63-61-51-33-29-47(67-57-27-15-13-25-49(57)55-39-45(31-35-59(55)67)65(41-17-5-1-6-18-41)42-19-7-2-8-20-42)37-53(51)54-38-48(30-34-52(54)62(61)64)68-58-28-16-14-26-50(58)56-40-46(32-36-60(56)68)66(43-21-9-3-10-22-43)44-23-11-4-12-24-44/h1-40H,63-64H2. The number of nitrogen functional groups attached to an aromatic ring is 2. The van der Waals surface area contributed by atoms with Gasteiger partial charge in [0.05, 0.1) is 33.4 Å². The number of para-hydroxylation sites is 6. The summed E-state index contributed by atoms with van der Waals surface area (Å²) < 4.78 is 4.76. The zero-order chi connectivity index (χ0) is 45.3. The highest BCUT2D eigenvalue weighted by Gasteiger charge is 2.21. The van der Waals surface area contributed by atoms with Crippen LogP contribution in [-0.2, 0) is 0 Å². The van der Waals surface area contributed by atoms with E-state index in [4.69, 9.17) is 11.5 Å². The van der Waals surface area contributed by atoms with E-state index < -0.39 is 0 Å². The number of hydrogen-bond acceptors (Lipinski definition) is 4. The van der Waals surface area contributed by atoms with Crippen LogP contribution in [0.4, 0.5) is 45.5 Å². The molecule has 13 rings (SSSR count). The average molecular weight is 873 g/mol. The Morgan fingerprint density at radius 1 is 0.235 bits per heavy atom. The third-order valence-corrected chi connectivity index (χ3v) is 13.6. The van der Waals surface area contributed by atoms with E-state index in [0.717, 1.165) is 89.1 Å². The Morgan fingerprint density at radius 2 is 0.559 bits per heavy atom. The van der Waals surface area contributed by atoms with Crippen molar-refractivity contribution in [3.05, 3.63) is 243 Å². The van der Waals surface area contributed by atoms with Gasteiger partial charge in [0.2, 0.25) is 0 Å². The second-order valence-electron chi connectivity index (χ2n) is 17.4. The highest BCUT2D eigenvalue weighted by atomic mass is 15.1. The van der Waals surface area contributed by atoms with Crippen LogP contribution >= 0.6 is 0 Å². The van der Waals surface area contributed by atoms with Gasteiger partial charge in [0.15, 0.2) is 0 Å². The fourth-order valence-electron chi connectivity index (χ4n) is 10.5. The molecule has 0 saturated heterocycles. The first-order valence-corrected chi connectivity index (χ1v) is 23.0. The minimum absolute atomic E-state index is 0.589. The summed E-state index contributed by atoms with van der Waals surface area (Å²) >= 11 is 0. The maximum atomic E-state index is 6.93. The van der Waals surface area contributed by atoms with Crippen LogP contribution in [0.15, 0.2) is 243 Å². The first-order valence-electron chi connectivity index (χ1n) is 23.0. The molecule has 0 bridgehead atoms. The summed E-state index contributed by atoms with van der Waals surface area (Å²) in [5.74, 6) is 0. The fourth-order valence-corrected chi connectivity index (χ4v) is 10.5. The molecule has 2 aromatic heterocycles. The van der Waals surface area contributed by atoms with Gasteiger partial charge in [-0.1, -0.05) is 121 Å². The molecule has 0 aliphatic carbocycles. The van der Waals surface area contributed by atoms with Crippen molar-refractivity contribution in [1.82, 2.24) is 9.13 Å². The topological polar surface area (TPSA) is 68.4 Å². The lowest BCUT2D eigenvalue weighted by atomic mass is 9.97. The molecule has 0 saturated carbocycles. The van der Waals surface area contributed by atoms with Gasteiger partial charge < -0.3 is 30.4 Å². The summed E-state index contributed by atoms with van der Waals surface area (Å²) in [6.45, 7) is 0. The van der Waals surface area contributed by atoms with Gasteiger partial charge in [-0.3, -0.25) is 0 Å². The molecule has 68 heavy (non-hydrogen) atoms. The second kappa shape index (κ2) is 15.7. The second-order valence-corrected chi connectivity index (χ2v) is 17.4. The Labute approximate surface area is 393 Å². The minimum atomic E-state index is 0.589. The average Bonchev–Trinajstić information content (AvgIpc) is 3.91. The van der Waals surface area contributed by atoms with Crippen LogP contribution in [0.25, 0.3) is 76.5 Å². The number of benzene rings is 11. The summed E-state index contributed by atoms with van der Waals surface area (Å²) in [5, 5.41) is 8.63. The molecule has 6 nitrogen and oxygen atoms in total. The summed E-state index contributed by atoms with van der Waals surface area (Å²) in [6.07, 6.45) is 0. The van der Waals surface area contributed by atoms with Crippen molar-refractivity contribution in [2.45, 2.75) is 0 Å². The van der Waals surface area contributed by atoms with Gasteiger partial charge in [-0.05, 0) is 132 Å². The molecule has 6 heteroatoms. The molecule has 322 valence electrons. The third kappa shape index (κ3) is 6.19. The lowest BCUT2D eigenvalue weighted by Crippen LogP contribution is -2.09. The summed E-state index contributed by atoms with van der Waals surface area (Å²) in [6, 6.07) is 86.5. The summed E-state index contributed by atoms with van der Waals surface area (Å²) in [4.78, 5) is 4.64. The molecule has 4 N–H and O–H groups in total. The molecule has 13 aromatic rings. The Kier molecular flexibility index (Phi) is 9.05. The van der Waals surface area contributed by atoms with Crippen LogP contribution in [0.5, 0.6) is 0 Å². The molecule has 2 heterocycles. The van der Waals surface area contributed by atoms with E-state index in [1.807, 2.05) is 0 Å². The molecule has 0 radical (unpaired) electrons. The largest absolute Gasteiger partial charge is 0.397 e. The van der Waals surface area contributed by atoms with Crippen LogP contribution in [0.1, 0.15) is 0 Å². The van der Waals surface area contributed by atoms with E-state index in [1.165, 1.54) is 21.5 Å². The predicted octanol–water partition coefficient (Wildman–Crippen LogP) is 16.3. The molecule has 0 fully saturated rings. The van der Waals surface area contributed by atoms with E-state index in [2.05, 4.69) is 262 Å². The quantitative estimate of drug-likeness (QED) is 0.0907. The maximum Gasteiger partial charge on any atom is 0.0634 e. The van der Waals surface area contributed by atoms with Crippen LogP contribution in [0, 0.1) is 0 Å². The van der Waals surface area contributed by atoms with Crippen molar-refractivity contribution in [2.24, 2.45) is 0 Å². The van der Waals surface area contributed by atoms with Gasteiger partial charge in [0.25, 0.3) is 0 Å². The van der Waals surface area contributed by atoms with Crippen molar-refractivity contribution in [1.29, 1.82) is 0 Å². The number of fused-ring (bicyclic) bond motifs is 9. The lowest BCUT2D eigenvalue weighted by Gasteiger charge is -2.25. The van der Waals surface area contributed by atoms with Crippen molar-refractivity contribution in [2.75, 3.05) is 21.3 Å². The minimum Gasteiger partial charge on any atom is -0.397 e. The lowest BCUT2D eigenvalue weighted by molar-refractivity contribution is 1.18. The molecule has 0 unspecified atom stereocenters. The highest BCUT2D eigenvalue weighted by molar-refractivity contribution is 6.21. The highest BCUT2D eigenvalue weighted by Crippen LogP contribution is 2.44. The molecule has 0 amide bonds. The van der Waals surface area contributed by atoms with E-state index in [1.54, 1.807) is 0 Å². The van der Waals surface area contributed by atoms with Crippen LogP contribution < -0.4 is 21.3 Å². The zero-order valence-electron chi connectivity index (χ0n) is 37.0. The van der Waals surface area contributed by atoms with Gasteiger partial charge in [-0.2, -0.15) is 0 Å². The number of anilines is 8. The van der Waals surface area contributed by atoms with Gasteiger partial charge in [0.1, 0.15) is 0 Å². The van der Waals surface area contributed by atoms with Crippen LogP contribution in [-0.4, -0.2) is 9.13 Å². The number of nitrogens with two attached hydrogens (primary N) is 2. The van der Waals surface area contributed by atoms with Crippen molar-refractivity contribution in [3.8, 4) is 11.4 Å². The maximum absolute atomic E-state index is 6.93.